The summed E-state index contributed by atoms with van der Waals surface area (Å²) in [6.45, 7) is 2.91. The van der Waals surface area contributed by atoms with Crippen LogP contribution in [0, 0.1) is 0 Å². The molecule has 0 bridgehead atoms. The number of amides is 2. The molecule has 0 spiro atoms. The molecule has 1 heterocycles. The van der Waals surface area contributed by atoms with E-state index < -0.39 is 18.0 Å². The fourth-order valence-electron chi connectivity index (χ4n) is 2.80. The van der Waals surface area contributed by atoms with Crippen molar-refractivity contribution in [2.24, 2.45) is 5.10 Å². The number of anilines is 1. The largest absolute Gasteiger partial charge is 0.478 e. The van der Waals surface area contributed by atoms with Gasteiger partial charge in [0.15, 0.2) is 5.75 Å². The van der Waals surface area contributed by atoms with Gasteiger partial charge in [0.2, 0.25) is 0 Å². The molecule has 0 aliphatic heterocycles. The second-order valence-corrected chi connectivity index (χ2v) is 8.89. The third kappa shape index (κ3) is 6.06. The van der Waals surface area contributed by atoms with Crippen LogP contribution in [0.25, 0.3) is 10.4 Å². The molecule has 0 aliphatic rings. The third-order valence-electron chi connectivity index (χ3n) is 4.35. The summed E-state index contributed by atoms with van der Waals surface area (Å²) in [7, 11) is 0. The molecule has 0 fully saturated rings. The number of carboxylic acid groups (broad SMARTS) is 1. The number of hydrazone groups is 1. The second-order valence-electron chi connectivity index (χ2n) is 6.79. The molecule has 3 aromatic rings. The van der Waals surface area contributed by atoms with Crippen molar-refractivity contribution in [1.29, 1.82) is 0 Å². The summed E-state index contributed by atoms with van der Waals surface area (Å²) in [6.07, 6.45) is 0. The number of nitrogens with zero attached hydrogens (tertiary/aromatic N) is 1. The normalized spacial score (nSPS) is 11.1. The van der Waals surface area contributed by atoms with E-state index >= 15 is 0 Å². The van der Waals surface area contributed by atoms with Crippen molar-refractivity contribution >= 4 is 75.5 Å². The maximum Gasteiger partial charge on any atom is 0.339 e. The summed E-state index contributed by atoms with van der Waals surface area (Å²) < 4.78 is 5.43. The van der Waals surface area contributed by atoms with Gasteiger partial charge in [-0.05, 0) is 42.8 Å². The van der Waals surface area contributed by atoms with E-state index in [1.807, 2.05) is 0 Å². The molecule has 0 saturated heterocycles. The van der Waals surface area contributed by atoms with Crippen LogP contribution in [-0.4, -0.2) is 28.8 Å². The van der Waals surface area contributed by atoms with Gasteiger partial charge in [0.1, 0.15) is 0 Å². The summed E-state index contributed by atoms with van der Waals surface area (Å²) in [5.41, 5.74) is 4.09. The fraction of sp³-hybridized carbons (Fsp3) is 0.0909. The van der Waals surface area contributed by atoms with Crippen molar-refractivity contribution < 1.29 is 24.2 Å². The van der Waals surface area contributed by atoms with Crippen LogP contribution < -0.4 is 15.5 Å². The quantitative estimate of drug-likeness (QED) is 0.186. The van der Waals surface area contributed by atoms with Gasteiger partial charge < -0.3 is 15.2 Å². The lowest BCUT2D eigenvalue weighted by Gasteiger charge is -2.09. The molecular formula is C22H16Cl3N3O5S. The molecular weight excluding hydrogens is 525 g/mol. The van der Waals surface area contributed by atoms with Gasteiger partial charge in [-0.2, -0.15) is 5.10 Å². The first kappa shape index (κ1) is 25.5. The van der Waals surface area contributed by atoms with Gasteiger partial charge in [0.05, 0.1) is 36.8 Å². The van der Waals surface area contributed by atoms with E-state index in [1.54, 1.807) is 30.5 Å². The van der Waals surface area contributed by atoms with Crippen LogP contribution in [0.5, 0.6) is 5.75 Å². The Bertz CT molecular complexity index is 1320. The number of hydrogen-bond acceptors (Lipinski definition) is 6. The topological polar surface area (TPSA) is 117 Å². The fourth-order valence-corrected chi connectivity index (χ4v) is 4.39. The van der Waals surface area contributed by atoms with Gasteiger partial charge in [0.25, 0.3) is 0 Å². The highest BCUT2D eigenvalue weighted by Crippen LogP contribution is 2.41. The highest BCUT2D eigenvalue weighted by Gasteiger charge is 2.20. The Morgan fingerprint density at radius 2 is 1.71 bits per heavy atom. The first-order chi connectivity index (χ1) is 16.1. The maximum absolute atomic E-state index is 12.2. The predicted octanol–water partition coefficient (Wildman–Crippen LogP) is 6.54. The number of aromatic carboxylic acids is 1. The summed E-state index contributed by atoms with van der Waals surface area (Å²) in [5.74, 6) is -1.43. The SMILES string of the molecule is CC(=O)Oc1c(/C(C)=N/NC(=O)Nc2ccc(C(=O)O)c(Cl)c2)csc1-c1ccc(Cl)c(Cl)c1. The lowest BCUT2D eigenvalue weighted by atomic mass is 10.1. The molecule has 3 N–H and O–H groups in total. The summed E-state index contributed by atoms with van der Waals surface area (Å²) in [4.78, 5) is 35.6. The van der Waals surface area contributed by atoms with Gasteiger partial charge in [-0.15, -0.1) is 11.3 Å². The molecule has 3 rings (SSSR count). The van der Waals surface area contributed by atoms with Crippen LogP contribution in [-0.2, 0) is 4.79 Å². The number of thiophene rings is 1. The van der Waals surface area contributed by atoms with Gasteiger partial charge >= 0.3 is 18.0 Å². The monoisotopic (exact) mass is 539 g/mol. The Kier molecular flexibility index (Phi) is 8.16. The lowest BCUT2D eigenvalue weighted by Crippen LogP contribution is -2.25. The molecule has 34 heavy (non-hydrogen) atoms. The number of nitrogens with one attached hydrogen (secondary N) is 2. The van der Waals surface area contributed by atoms with E-state index in [1.165, 1.54) is 36.5 Å². The number of esters is 1. The number of carbonyl (C=O) groups is 3. The van der Waals surface area contributed by atoms with E-state index in [4.69, 9.17) is 44.6 Å². The number of carbonyl (C=O) groups excluding carboxylic acids is 2. The number of rotatable bonds is 6. The van der Waals surface area contributed by atoms with E-state index in [0.717, 1.165) is 0 Å². The Balaban J connectivity index is 1.81. The number of benzene rings is 2. The van der Waals surface area contributed by atoms with E-state index in [-0.39, 0.29) is 22.0 Å². The molecule has 2 aromatic carbocycles. The average molecular weight is 541 g/mol. The van der Waals surface area contributed by atoms with Crippen molar-refractivity contribution in [3.05, 3.63) is 68.0 Å². The lowest BCUT2D eigenvalue weighted by molar-refractivity contribution is -0.131. The molecule has 0 radical (unpaired) electrons. The zero-order valence-corrected chi connectivity index (χ0v) is 20.7. The van der Waals surface area contributed by atoms with Crippen molar-refractivity contribution in [3.8, 4) is 16.2 Å². The average Bonchev–Trinajstić information content (AvgIpc) is 3.16. The van der Waals surface area contributed by atoms with Crippen molar-refractivity contribution in [2.75, 3.05) is 5.32 Å². The first-order valence-electron chi connectivity index (χ1n) is 9.46. The summed E-state index contributed by atoms with van der Waals surface area (Å²) >= 11 is 19.3. The Hall–Kier alpha value is -3.11. The Morgan fingerprint density at radius 1 is 0.971 bits per heavy atom. The van der Waals surface area contributed by atoms with Gasteiger partial charge in [-0.1, -0.05) is 40.9 Å². The van der Waals surface area contributed by atoms with Gasteiger partial charge in [-0.3, -0.25) is 4.79 Å². The molecule has 0 saturated carbocycles. The molecule has 2 amide bonds. The van der Waals surface area contributed by atoms with Crippen LogP contribution in [0.3, 0.4) is 0 Å². The third-order valence-corrected chi connectivity index (χ3v) is 6.41. The summed E-state index contributed by atoms with van der Waals surface area (Å²) in [6, 6.07) is 8.33. The molecule has 0 unspecified atom stereocenters. The number of ether oxygens (including phenoxy) is 1. The molecule has 176 valence electrons. The second kappa shape index (κ2) is 10.9. The Morgan fingerprint density at radius 3 is 2.32 bits per heavy atom. The van der Waals surface area contributed by atoms with Crippen LogP contribution in [0.15, 0.2) is 46.9 Å². The van der Waals surface area contributed by atoms with Gasteiger partial charge in [-0.25, -0.2) is 15.0 Å². The predicted molar refractivity (Wildman–Crippen MR) is 134 cm³/mol. The van der Waals surface area contributed by atoms with E-state index in [2.05, 4.69) is 15.8 Å². The van der Waals surface area contributed by atoms with Crippen LogP contribution >= 0.6 is 46.1 Å². The zero-order valence-electron chi connectivity index (χ0n) is 17.6. The highest BCUT2D eigenvalue weighted by atomic mass is 35.5. The minimum atomic E-state index is -1.18. The first-order valence-corrected chi connectivity index (χ1v) is 11.5. The van der Waals surface area contributed by atoms with Crippen LogP contribution in [0.2, 0.25) is 15.1 Å². The van der Waals surface area contributed by atoms with Crippen LogP contribution in [0.1, 0.15) is 29.8 Å². The molecule has 1 aromatic heterocycles. The van der Waals surface area contributed by atoms with Crippen LogP contribution in [0.4, 0.5) is 10.5 Å². The molecule has 12 heteroatoms. The minimum Gasteiger partial charge on any atom is -0.478 e. The molecule has 0 aliphatic carbocycles. The maximum atomic E-state index is 12.2. The summed E-state index contributed by atoms with van der Waals surface area (Å²) in [5, 5.41) is 18.0. The number of urea groups is 1. The number of halogens is 3. The standard InChI is InChI=1S/C22H16Cl3N3O5S/c1-10(27-28-22(32)26-13-4-5-14(21(30)31)17(24)8-13)15-9-34-20(19(15)33-11(2)29)12-3-6-16(23)18(25)7-12/h3-9H,1-2H3,(H,30,31)(H2,26,28,32)/b27-10+. The smallest absolute Gasteiger partial charge is 0.339 e. The highest BCUT2D eigenvalue weighted by molar-refractivity contribution is 7.14. The number of carboxylic acids is 1. The zero-order chi connectivity index (χ0) is 25.0. The van der Waals surface area contributed by atoms with E-state index in [9.17, 15) is 14.4 Å². The minimum absolute atomic E-state index is 0.0240. The van der Waals surface area contributed by atoms with Crippen molar-refractivity contribution in [1.82, 2.24) is 5.43 Å². The van der Waals surface area contributed by atoms with Gasteiger partial charge in [0, 0.05) is 18.0 Å². The van der Waals surface area contributed by atoms with E-state index in [0.29, 0.717) is 31.8 Å². The van der Waals surface area contributed by atoms with Crippen molar-refractivity contribution in [2.45, 2.75) is 13.8 Å². The van der Waals surface area contributed by atoms with Crippen molar-refractivity contribution in [3.63, 3.8) is 0 Å². The molecule has 8 nitrogen and oxygen atoms in total. The molecule has 0 atom stereocenters. The number of hydrogen-bond donors (Lipinski definition) is 3. The Labute approximate surface area is 213 Å².